The second kappa shape index (κ2) is 4.61. The van der Waals surface area contributed by atoms with Crippen LogP contribution in [0.5, 0.6) is 11.8 Å². The molecule has 1 aromatic heterocycles. The summed E-state index contributed by atoms with van der Waals surface area (Å²) in [7, 11) is 2.96. The van der Waals surface area contributed by atoms with E-state index in [0.29, 0.717) is 11.8 Å². The number of aromatic nitrogens is 2. The lowest BCUT2D eigenvalue weighted by Gasteiger charge is -2.08. The molecular weight excluding hydrogens is 186 g/mol. The first-order valence-corrected chi connectivity index (χ1v) is 4.05. The fraction of sp³-hybridized carbons (Fsp3) is 0.500. The smallest absolute Gasteiger partial charge is 0.231 e. The molecule has 0 saturated carbocycles. The molecule has 0 amide bonds. The van der Waals surface area contributed by atoms with Gasteiger partial charge in [0.15, 0.2) is 6.23 Å². The number of rotatable bonds is 4. The molecule has 6 heteroatoms. The zero-order chi connectivity index (χ0) is 10.6. The highest BCUT2D eigenvalue weighted by molar-refractivity contribution is 5.33. The Morgan fingerprint density at radius 3 is 2.14 bits per heavy atom. The van der Waals surface area contributed by atoms with Crippen LogP contribution in [-0.2, 0) is 5.11 Å². The predicted molar refractivity (Wildman–Crippen MR) is 48.9 cm³/mol. The summed E-state index contributed by atoms with van der Waals surface area (Å²) >= 11 is 0. The molecule has 0 saturated heterocycles. The van der Waals surface area contributed by atoms with E-state index in [1.807, 2.05) is 0 Å². The molecule has 0 aliphatic heterocycles. The van der Waals surface area contributed by atoms with Gasteiger partial charge in [-0.3, -0.25) is 0 Å². The van der Waals surface area contributed by atoms with E-state index >= 15 is 0 Å². The fourth-order valence-electron chi connectivity index (χ4n) is 0.859. The lowest BCUT2D eigenvalue weighted by Crippen LogP contribution is -2.14. The molecule has 1 unspecified atom stereocenters. The fourth-order valence-corrected chi connectivity index (χ4v) is 0.859. The van der Waals surface area contributed by atoms with Gasteiger partial charge in [-0.2, -0.15) is 9.97 Å². The molecule has 0 spiro atoms. The molecule has 77 valence electrons. The van der Waals surface area contributed by atoms with Crippen LogP contribution in [-0.4, -0.2) is 30.4 Å². The van der Waals surface area contributed by atoms with Crippen molar-refractivity contribution in [2.45, 2.75) is 13.2 Å². The number of hydrogen-bond acceptors (Lipinski definition) is 5. The molecule has 1 N–H and O–H groups in total. The Bertz CT molecular complexity index is 282. The second-order valence-electron chi connectivity index (χ2n) is 2.56. The van der Waals surface area contributed by atoms with Crippen molar-refractivity contribution in [1.29, 1.82) is 0 Å². The van der Waals surface area contributed by atoms with Gasteiger partial charge < -0.3 is 14.8 Å². The maximum absolute atomic E-state index is 10.8. The number of methoxy groups -OCH3 is 2. The third kappa shape index (κ3) is 2.74. The van der Waals surface area contributed by atoms with Crippen molar-refractivity contribution in [2.75, 3.05) is 19.5 Å². The zero-order valence-corrected chi connectivity index (χ0v) is 8.27. The maximum atomic E-state index is 10.8. The van der Waals surface area contributed by atoms with Crippen LogP contribution in [0.3, 0.4) is 0 Å². The minimum atomic E-state index is -0.980. The summed E-state index contributed by atoms with van der Waals surface area (Å²) in [6, 6.07) is 1.53. The van der Waals surface area contributed by atoms with Crippen molar-refractivity contribution in [3.05, 3.63) is 6.07 Å². The highest BCUT2D eigenvalue weighted by atomic mass is 16.5. The molecule has 1 radical (unpaired) electrons. The van der Waals surface area contributed by atoms with E-state index < -0.39 is 6.23 Å². The van der Waals surface area contributed by atoms with Crippen molar-refractivity contribution in [3.63, 3.8) is 0 Å². The molecule has 14 heavy (non-hydrogen) atoms. The second-order valence-corrected chi connectivity index (χ2v) is 2.56. The van der Waals surface area contributed by atoms with Gasteiger partial charge in [0.1, 0.15) is 0 Å². The van der Waals surface area contributed by atoms with Crippen molar-refractivity contribution in [3.8, 4) is 11.8 Å². The summed E-state index contributed by atoms with van der Waals surface area (Å²) in [4.78, 5) is 7.83. The molecule has 1 aromatic rings. The summed E-state index contributed by atoms with van der Waals surface area (Å²) < 4.78 is 9.81. The Kier molecular flexibility index (Phi) is 3.47. The van der Waals surface area contributed by atoms with Crippen molar-refractivity contribution in [2.24, 2.45) is 0 Å². The average Bonchev–Trinajstić information content (AvgIpc) is 2.16. The first-order valence-electron chi connectivity index (χ1n) is 4.05. The third-order valence-corrected chi connectivity index (χ3v) is 1.43. The summed E-state index contributed by atoms with van der Waals surface area (Å²) in [6.45, 7) is 1.45. The summed E-state index contributed by atoms with van der Waals surface area (Å²) in [5, 5.41) is 13.3. The first kappa shape index (κ1) is 10.5. The van der Waals surface area contributed by atoms with E-state index in [4.69, 9.17) is 9.47 Å². The van der Waals surface area contributed by atoms with E-state index in [2.05, 4.69) is 15.3 Å². The molecule has 0 bridgehead atoms. The monoisotopic (exact) mass is 198 g/mol. The van der Waals surface area contributed by atoms with Crippen molar-refractivity contribution < 1.29 is 14.6 Å². The summed E-state index contributed by atoms with van der Waals surface area (Å²) in [5.74, 6) is 0.892. The third-order valence-electron chi connectivity index (χ3n) is 1.43. The maximum Gasteiger partial charge on any atom is 0.231 e. The number of nitrogens with one attached hydrogen (secondary N) is 1. The van der Waals surface area contributed by atoms with Gasteiger partial charge in [-0.1, -0.05) is 0 Å². The number of hydrogen-bond donors (Lipinski definition) is 1. The predicted octanol–water partition coefficient (Wildman–Crippen LogP) is 0.682. The van der Waals surface area contributed by atoms with Gasteiger partial charge in [0.25, 0.3) is 0 Å². The molecule has 6 nitrogen and oxygen atoms in total. The van der Waals surface area contributed by atoms with E-state index in [1.54, 1.807) is 0 Å². The molecule has 0 fully saturated rings. The highest BCUT2D eigenvalue weighted by Crippen LogP contribution is 2.17. The van der Waals surface area contributed by atoms with Gasteiger partial charge in [-0.15, -0.1) is 0 Å². The van der Waals surface area contributed by atoms with Crippen LogP contribution in [0.25, 0.3) is 0 Å². The largest absolute Gasteiger partial charge is 0.481 e. The number of anilines is 1. The zero-order valence-electron chi connectivity index (χ0n) is 8.27. The van der Waals surface area contributed by atoms with Crippen LogP contribution in [0.4, 0.5) is 5.95 Å². The van der Waals surface area contributed by atoms with Crippen LogP contribution in [0, 0.1) is 0 Å². The van der Waals surface area contributed by atoms with E-state index in [0.717, 1.165) is 0 Å². The number of nitrogens with zero attached hydrogens (tertiary/aromatic N) is 2. The Morgan fingerprint density at radius 1 is 1.29 bits per heavy atom. The summed E-state index contributed by atoms with van der Waals surface area (Å²) in [5.41, 5.74) is 0. The van der Waals surface area contributed by atoms with Gasteiger partial charge in [0.05, 0.1) is 20.3 Å². The Labute approximate surface area is 81.9 Å². The SMILES string of the molecule is COc1cc(OC)nc(NC(C)[O])n1. The minimum Gasteiger partial charge on any atom is -0.481 e. The lowest BCUT2D eigenvalue weighted by atomic mass is 10.6. The molecule has 1 atom stereocenters. The van der Waals surface area contributed by atoms with Crippen molar-refractivity contribution >= 4 is 5.95 Å². The molecular formula is C8H12N3O3. The number of ether oxygens (including phenoxy) is 2. The minimum absolute atomic E-state index is 0.198. The van der Waals surface area contributed by atoms with E-state index in [1.165, 1.54) is 27.2 Å². The van der Waals surface area contributed by atoms with Crippen molar-refractivity contribution in [1.82, 2.24) is 9.97 Å². The van der Waals surface area contributed by atoms with Gasteiger partial charge in [-0.25, -0.2) is 5.11 Å². The van der Waals surface area contributed by atoms with Gasteiger partial charge in [0.2, 0.25) is 17.7 Å². The van der Waals surface area contributed by atoms with Crippen LogP contribution < -0.4 is 14.8 Å². The summed E-state index contributed by atoms with van der Waals surface area (Å²) in [6.07, 6.45) is -0.980. The Hall–Kier alpha value is -1.56. The molecule has 0 aromatic carbocycles. The molecule has 1 rings (SSSR count). The van der Waals surface area contributed by atoms with Gasteiger partial charge in [-0.05, 0) is 6.92 Å². The van der Waals surface area contributed by atoms with Gasteiger partial charge in [0, 0.05) is 0 Å². The van der Waals surface area contributed by atoms with Crippen LogP contribution in [0.2, 0.25) is 0 Å². The van der Waals surface area contributed by atoms with Gasteiger partial charge >= 0.3 is 0 Å². The first-order chi connectivity index (χ1) is 6.65. The average molecular weight is 198 g/mol. The van der Waals surface area contributed by atoms with Crippen LogP contribution in [0.15, 0.2) is 6.07 Å². The van der Waals surface area contributed by atoms with E-state index in [-0.39, 0.29) is 5.95 Å². The Morgan fingerprint density at radius 2 is 1.79 bits per heavy atom. The van der Waals surface area contributed by atoms with Crippen LogP contribution in [0.1, 0.15) is 6.92 Å². The normalized spacial score (nSPS) is 12.0. The topological polar surface area (TPSA) is 76.2 Å². The quantitative estimate of drug-likeness (QED) is 0.720. The highest BCUT2D eigenvalue weighted by Gasteiger charge is 2.06. The molecule has 0 aliphatic carbocycles. The van der Waals surface area contributed by atoms with E-state index in [9.17, 15) is 5.11 Å². The van der Waals surface area contributed by atoms with Crippen LogP contribution >= 0.6 is 0 Å². The Balaban J connectivity index is 2.92. The molecule has 1 heterocycles. The molecule has 0 aliphatic rings. The lowest BCUT2D eigenvalue weighted by molar-refractivity contribution is 0.129. The standard InChI is InChI=1S/C8H12N3O3/c1-5(12)9-8-10-6(13-2)4-7(11-8)14-3/h4-5H,1-3H3,(H,9,10,11).